The third-order valence-electron chi connectivity index (χ3n) is 6.61. The lowest BCUT2D eigenvalue weighted by molar-refractivity contribution is 0.173. The number of ether oxygens (including phenoxy) is 4. The van der Waals surface area contributed by atoms with E-state index in [9.17, 15) is 0 Å². The van der Waals surface area contributed by atoms with Crippen LogP contribution in [-0.2, 0) is 13.0 Å². The highest BCUT2D eigenvalue weighted by Crippen LogP contribution is 2.39. The Morgan fingerprint density at radius 2 is 1.56 bits per heavy atom. The molecule has 216 valence electrons. The molecule has 2 aromatic rings. The summed E-state index contributed by atoms with van der Waals surface area (Å²) in [5.41, 5.74) is 2.73. The highest BCUT2D eigenvalue weighted by molar-refractivity contribution is 6.07. The van der Waals surface area contributed by atoms with Gasteiger partial charge in [-0.05, 0) is 36.8 Å². The highest BCUT2D eigenvalue weighted by atomic mass is 16.7. The summed E-state index contributed by atoms with van der Waals surface area (Å²) in [6.45, 7) is 2.79. The van der Waals surface area contributed by atoms with E-state index in [1.54, 1.807) is 0 Å². The van der Waals surface area contributed by atoms with Crippen molar-refractivity contribution in [3.05, 3.63) is 41.5 Å². The minimum atomic E-state index is -0.379. The Hall–Kier alpha value is -4.88. The molecule has 0 fully saturated rings. The standard InChI is InChI=1S/C27H34N10O4/c1-15-29-24(34-26(30-15)36(2)3)28-12-17-9-16(10-20-22(17)40-14-39-20)11-21-32-25(35-27(33-21)37(4)5)31-18-7-6-8-19-23(18)41-13-38-19/h6-10,15,21H,11-14H2,1-5H3,(H2,28,29,30,34)(H2,31,32,33,35). The third kappa shape index (κ3) is 5.71. The lowest BCUT2D eigenvalue weighted by Gasteiger charge is -2.26. The van der Waals surface area contributed by atoms with Crippen LogP contribution in [0, 0.1) is 0 Å². The van der Waals surface area contributed by atoms with Crippen LogP contribution >= 0.6 is 0 Å². The molecule has 6 rings (SSSR count). The maximum Gasteiger partial charge on any atom is 0.231 e. The van der Waals surface area contributed by atoms with E-state index < -0.39 is 0 Å². The maximum absolute atomic E-state index is 5.81. The zero-order valence-corrected chi connectivity index (χ0v) is 23.7. The average molecular weight is 563 g/mol. The average Bonchev–Trinajstić information content (AvgIpc) is 3.62. The summed E-state index contributed by atoms with van der Waals surface area (Å²) in [5.74, 6) is 5.42. The van der Waals surface area contributed by atoms with Gasteiger partial charge < -0.3 is 39.4 Å². The van der Waals surface area contributed by atoms with E-state index in [4.69, 9.17) is 28.9 Å². The van der Waals surface area contributed by atoms with Gasteiger partial charge in [-0.25, -0.2) is 20.0 Å². The van der Waals surface area contributed by atoms with Crippen LogP contribution in [0.15, 0.2) is 50.3 Å². The first kappa shape index (κ1) is 26.3. The largest absolute Gasteiger partial charge is 0.454 e. The fraction of sp³-hybridized carbons (Fsp3) is 0.407. The van der Waals surface area contributed by atoms with Crippen LogP contribution in [0.25, 0.3) is 0 Å². The Morgan fingerprint density at radius 3 is 2.37 bits per heavy atom. The molecule has 2 atom stereocenters. The van der Waals surface area contributed by atoms with Gasteiger partial charge in [-0.2, -0.15) is 0 Å². The number of aliphatic imine (C=N–C) groups is 4. The van der Waals surface area contributed by atoms with Gasteiger partial charge in [-0.15, -0.1) is 0 Å². The SMILES string of the molecule is CC1N=C(NCc2cc(CC3N=C(Nc4cccc5c4OCO5)NC(N(C)C)=N3)cc3c2OCO3)NC(N(C)C)=N1. The molecule has 0 aliphatic carbocycles. The van der Waals surface area contributed by atoms with Gasteiger partial charge in [0.1, 0.15) is 6.17 Å². The summed E-state index contributed by atoms with van der Waals surface area (Å²) in [6.07, 6.45) is -0.0166. The molecule has 0 bridgehead atoms. The molecule has 4 aliphatic heterocycles. The number of nitrogens with one attached hydrogen (secondary N) is 4. The molecule has 0 radical (unpaired) electrons. The molecule has 4 heterocycles. The smallest absolute Gasteiger partial charge is 0.231 e. The Kier molecular flexibility index (Phi) is 7.03. The van der Waals surface area contributed by atoms with Crippen LogP contribution in [-0.4, -0.2) is 87.7 Å². The highest BCUT2D eigenvalue weighted by Gasteiger charge is 2.25. The first-order valence-corrected chi connectivity index (χ1v) is 13.3. The van der Waals surface area contributed by atoms with Gasteiger partial charge in [-0.1, -0.05) is 6.07 Å². The number of anilines is 1. The molecule has 0 saturated carbocycles. The minimum absolute atomic E-state index is 0.176. The molecule has 14 heteroatoms. The van der Waals surface area contributed by atoms with E-state index >= 15 is 0 Å². The Bertz CT molecular complexity index is 1450. The second-order valence-corrected chi connectivity index (χ2v) is 10.2. The maximum atomic E-state index is 5.81. The molecule has 0 saturated heterocycles. The second-order valence-electron chi connectivity index (χ2n) is 10.2. The Balaban J connectivity index is 1.21. The van der Waals surface area contributed by atoms with Gasteiger partial charge in [0.15, 0.2) is 29.2 Å². The molecule has 0 amide bonds. The van der Waals surface area contributed by atoms with Gasteiger partial charge in [0.05, 0.1) is 5.69 Å². The van der Waals surface area contributed by atoms with E-state index in [-0.39, 0.29) is 25.9 Å². The van der Waals surface area contributed by atoms with Crippen molar-refractivity contribution in [2.24, 2.45) is 20.0 Å². The summed E-state index contributed by atoms with van der Waals surface area (Å²) < 4.78 is 22.7. The predicted octanol–water partition coefficient (Wildman–Crippen LogP) is 1.31. The monoisotopic (exact) mass is 562 g/mol. The molecule has 14 nitrogen and oxygen atoms in total. The van der Waals surface area contributed by atoms with E-state index in [0.717, 1.165) is 28.5 Å². The molecule has 4 aliphatic rings. The quantitative estimate of drug-likeness (QED) is 0.422. The second kappa shape index (κ2) is 10.9. The predicted molar refractivity (Wildman–Crippen MR) is 156 cm³/mol. The van der Waals surface area contributed by atoms with Crippen LogP contribution in [0.5, 0.6) is 23.0 Å². The van der Waals surface area contributed by atoms with Gasteiger partial charge >= 0.3 is 0 Å². The van der Waals surface area contributed by atoms with Crippen molar-refractivity contribution in [2.75, 3.05) is 47.1 Å². The van der Waals surface area contributed by atoms with E-state index in [2.05, 4.69) is 37.3 Å². The van der Waals surface area contributed by atoms with Crippen LogP contribution in [0.2, 0.25) is 0 Å². The fourth-order valence-electron chi connectivity index (χ4n) is 4.69. The molecule has 0 spiro atoms. The molecular formula is C27H34N10O4. The van der Waals surface area contributed by atoms with Crippen LogP contribution in [0.1, 0.15) is 18.1 Å². The zero-order valence-electron chi connectivity index (χ0n) is 23.7. The van der Waals surface area contributed by atoms with Gasteiger partial charge in [0, 0.05) is 46.7 Å². The van der Waals surface area contributed by atoms with Crippen molar-refractivity contribution < 1.29 is 18.9 Å². The Labute approximate surface area is 238 Å². The van der Waals surface area contributed by atoms with Crippen LogP contribution in [0.4, 0.5) is 5.69 Å². The Morgan fingerprint density at radius 1 is 0.829 bits per heavy atom. The van der Waals surface area contributed by atoms with Crippen molar-refractivity contribution >= 4 is 29.5 Å². The number of hydrogen-bond donors (Lipinski definition) is 4. The molecule has 2 unspecified atom stereocenters. The van der Waals surface area contributed by atoms with E-state index in [1.807, 2.05) is 69.2 Å². The van der Waals surface area contributed by atoms with Crippen LogP contribution in [0.3, 0.4) is 0 Å². The summed E-state index contributed by atoms with van der Waals surface area (Å²) in [4.78, 5) is 22.6. The molecule has 2 aromatic carbocycles. The first-order valence-electron chi connectivity index (χ1n) is 13.3. The summed E-state index contributed by atoms with van der Waals surface area (Å²) >= 11 is 0. The number of para-hydroxylation sites is 1. The number of hydrogen-bond acceptors (Lipinski definition) is 14. The van der Waals surface area contributed by atoms with Crippen molar-refractivity contribution in [3.8, 4) is 23.0 Å². The number of benzene rings is 2. The minimum Gasteiger partial charge on any atom is -0.454 e. The lowest BCUT2D eigenvalue weighted by atomic mass is 10.0. The lowest BCUT2D eigenvalue weighted by Crippen LogP contribution is -2.49. The van der Waals surface area contributed by atoms with Crippen molar-refractivity contribution in [1.82, 2.24) is 25.8 Å². The van der Waals surface area contributed by atoms with Crippen molar-refractivity contribution in [1.29, 1.82) is 0 Å². The van der Waals surface area contributed by atoms with Crippen molar-refractivity contribution in [3.63, 3.8) is 0 Å². The van der Waals surface area contributed by atoms with E-state index in [1.165, 1.54) is 0 Å². The summed E-state index contributed by atoms with van der Waals surface area (Å²) in [7, 11) is 7.74. The van der Waals surface area contributed by atoms with Crippen molar-refractivity contribution in [2.45, 2.75) is 32.2 Å². The number of guanidine groups is 4. The summed E-state index contributed by atoms with van der Waals surface area (Å²) in [5, 5.41) is 13.2. The molecule has 41 heavy (non-hydrogen) atoms. The van der Waals surface area contributed by atoms with Crippen LogP contribution < -0.4 is 40.2 Å². The number of fused-ring (bicyclic) bond motifs is 2. The van der Waals surface area contributed by atoms with E-state index in [0.29, 0.717) is 48.1 Å². The topological polar surface area (TPSA) is 141 Å². The fourth-order valence-corrected chi connectivity index (χ4v) is 4.69. The van der Waals surface area contributed by atoms with Gasteiger partial charge in [0.25, 0.3) is 0 Å². The van der Waals surface area contributed by atoms with Gasteiger partial charge in [0.2, 0.25) is 37.4 Å². The summed E-state index contributed by atoms with van der Waals surface area (Å²) in [6, 6.07) is 9.79. The first-order chi connectivity index (χ1) is 19.8. The number of rotatable bonds is 5. The molecule has 4 N–H and O–H groups in total. The molecular weight excluding hydrogens is 528 g/mol. The number of nitrogens with zero attached hydrogens (tertiary/aromatic N) is 6. The normalized spacial score (nSPS) is 20.1. The molecule has 0 aromatic heterocycles. The van der Waals surface area contributed by atoms with Gasteiger partial charge in [-0.3, -0.25) is 10.6 Å². The zero-order chi connectivity index (χ0) is 28.5. The third-order valence-corrected chi connectivity index (χ3v) is 6.61.